The Bertz CT molecular complexity index is 997. The first-order valence-corrected chi connectivity index (χ1v) is 10.6. The quantitative estimate of drug-likeness (QED) is 0.476. The molecule has 0 saturated carbocycles. The number of ether oxygens (including phenoxy) is 3. The van der Waals surface area contributed by atoms with E-state index in [1.165, 1.54) is 0 Å². The van der Waals surface area contributed by atoms with Crippen LogP contribution in [0.1, 0.15) is 67.6 Å². The van der Waals surface area contributed by atoms with Crippen molar-refractivity contribution >= 4 is 11.9 Å². The average Bonchev–Trinajstić information content (AvgIpc) is 2.70. The van der Waals surface area contributed by atoms with E-state index in [2.05, 4.69) is 27.7 Å². The Kier molecular flexibility index (Phi) is 5.13. The van der Waals surface area contributed by atoms with E-state index in [1.54, 1.807) is 13.2 Å². The minimum absolute atomic E-state index is 0.0487. The smallest absolute Gasteiger partial charge is 0.189 e. The summed E-state index contributed by atoms with van der Waals surface area (Å²) in [6, 6.07) is 9.61. The molecule has 0 atom stereocenters. The largest absolute Gasteiger partial charge is 0.497 e. The van der Waals surface area contributed by atoms with Crippen molar-refractivity contribution in [2.24, 2.45) is 0 Å². The third-order valence-electron chi connectivity index (χ3n) is 5.94. The zero-order chi connectivity index (χ0) is 21.5. The number of rotatable bonds is 4. The molecule has 30 heavy (non-hydrogen) atoms. The number of hydrogen-bond acceptors (Lipinski definition) is 4. The summed E-state index contributed by atoms with van der Waals surface area (Å²) in [5.41, 5.74) is 3.22. The molecule has 2 aromatic carbocycles. The van der Waals surface area contributed by atoms with Gasteiger partial charge in [0.25, 0.3) is 0 Å². The van der Waals surface area contributed by atoms with Gasteiger partial charge in [0.2, 0.25) is 0 Å². The molecule has 0 unspecified atom stereocenters. The molecule has 158 valence electrons. The molecule has 2 aromatic rings. The first kappa shape index (κ1) is 20.5. The summed E-state index contributed by atoms with van der Waals surface area (Å²) in [5, 5.41) is 0. The number of allylic oxidation sites excluding steroid dienone is 1. The topological polar surface area (TPSA) is 44.8 Å². The van der Waals surface area contributed by atoms with Crippen LogP contribution in [-0.2, 0) is 12.8 Å². The van der Waals surface area contributed by atoms with Gasteiger partial charge in [0, 0.05) is 5.56 Å². The van der Waals surface area contributed by atoms with Gasteiger partial charge in [-0.25, -0.2) is 0 Å². The van der Waals surface area contributed by atoms with Crippen molar-refractivity contribution in [3.63, 3.8) is 0 Å². The van der Waals surface area contributed by atoms with Gasteiger partial charge in [0.05, 0.1) is 12.7 Å². The molecule has 2 heterocycles. The number of carbonyl (C=O) groups is 1. The molecule has 0 aliphatic carbocycles. The van der Waals surface area contributed by atoms with Crippen LogP contribution in [0, 0.1) is 0 Å². The third kappa shape index (κ3) is 4.09. The minimum Gasteiger partial charge on any atom is -0.497 e. The molecule has 0 spiro atoms. The van der Waals surface area contributed by atoms with Crippen LogP contribution in [0.2, 0.25) is 0 Å². The highest BCUT2D eigenvalue weighted by Crippen LogP contribution is 2.47. The second-order valence-electron chi connectivity index (χ2n) is 9.41. The second-order valence-corrected chi connectivity index (χ2v) is 9.41. The van der Waals surface area contributed by atoms with Crippen LogP contribution >= 0.6 is 0 Å². The molecule has 0 amide bonds. The summed E-state index contributed by atoms with van der Waals surface area (Å²) < 4.78 is 17.9. The highest BCUT2D eigenvalue weighted by atomic mass is 16.5. The highest BCUT2D eigenvalue weighted by Gasteiger charge is 2.36. The predicted molar refractivity (Wildman–Crippen MR) is 119 cm³/mol. The minimum atomic E-state index is -0.305. The Hall–Kier alpha value is -2.75. The van der Waals surface area contributed by atoms with Gasteiger partial charge in [0.1, 0.15) is 28.5 Å². The summed E-state index contributed by atoms with van der Waals surface area (Å²) in [6.07, 6.45) is 7.05. The van der Waals surface area contributed by atoms with Gasteiger partial charge < -0.3 is 14.2 Å². The molecular weight excluding hydrogens is 376 g/mol. The van der Waals surface area contributed by atoms with E-state index in [9.17, 15) is 4.79 Å². The van der Waals surface area contributed by atoms with E-state index in [0.717, 1.165) is 53.9 Å². The number of ketones is 1. The molecule has 0 N–H and O–H groups in total. The van der Waals surface area contributed by atoms with Crippen LogP contribution in [-0.4, -0.2) is 24.1 Å². The van der Waals surface area contributed by atoms with Crippen molar-refractivity contribution in [2.75, 3.05) is 7.11 Å². The fourth-order valence-corrected chi connectivity index (χ4v) is 4.10. The standard InChI is InChI=1S/C26H30O4/c1-25(2)14-12-18-16-21(22(27)11-8-17-6-9-19(28-5)10-7-17)24-20(23(18)29-25)13-15-26(3,4)30-24/h6-11,16H,12-15H2,1-5H3/b11-8+. The molecule has 2 aliphatic rings. The van der Waals surface area contributed by atoms with Crippen LogP contribution < -0.4 is 14.2 Å². The maximum absolute atomic E-state index is 13.2. The van der Waals surface area contributed by atoms with E-state index in [-0.39, 0.29) is 17.0 Å². The van der Waals surface area contributed by atoms with Crippen molar-refractivity contribution in [3.8, 4) is 17.2 Å². The fraction of sp³-hybridized carbons (Fsp3) is 0.423. The second kappa shape index (κ2) is 7.50. The fourth-order valence-electron chi connectivity index (χ4n) is 4.10. The van der Waals surface area contributed by atoms with Crippen LogP contribution in [0.25, 0.3) is 6.08 Å². The lowest BCUT2D eigenvalue weighted by atomic mass is 9.85. The maximum Gasteiger partial charge on any atom is 0.189 e. The van der Waals surface area contributed by atoms with Crippen molar-refractivity contribution in [1.82, 2.24) is 0 Å². The van der Waals surface area contributed by atoms with Gasteiger partial charge in [-0.1, -0.05) is 18.2 Å². The molecule has 0 radical (unpaired) electrons. The number of benzene rings is 2. The Morgan fingerprint density at radius 2 is 1.60 bits per heavy atom. The molecule has 0 aromatic heterocycles. The maximum atomic E-state index is 13.2. The summed E-state index contributed by atoms with van der Waals surface area (Å²) in [6.45, 7) is 8.38. The Labute approximate surface area is 178 Å². The normalized spacial score (nSPS) is 18.7. The van der Waals surface area contributed by atoms with Gasteiger partial charge in [-0.3, -0.25) is 4.79 Å². The van der Waals surface area contributed by atoms with Crippen LogP contribution in [0.4, 0.5) is 0 Å². The number of carbonyl (C=O) groups excluding carboxylic acids is 1. The Balaban J connectivity index is 1.72. The highest BCUT2D eigenvalue weighted by molar-refractivity contribution is 6.09. The zero-order valence-corrected chi connectivity index (χ0v) is 18.5. The van der Waals surface area contributed by atoms with E-state index >= 15 is 0 Å². The van der Waals surface area contributed by atoms with Crippen LogP contribution in [0.5, 0.6) is 17.2 Å². The number of hydrogen-bond donors (Lipinski definition) is 0. The lowest BCUT2D eigenvalue weighted by Crippen LogP contribution is -2.37. The third-order valence-corrected chi connectivity index (χ3v) is 5.94. The van der Waals surface area contributed by atoms with E-state index in [4.69, 9.17) is 14.2 Å². The summed E-state index contributed by atoms with van der Waals surface area (Å²) in [4.78, 5) is 13.2. The monoisotopic (exact) mass is 406 g/mol. The molecule has 4 heteroatoms. The zero-order valence-electron chi connectivity index (χ0n) is 18.5. The van der Waals surface area contributed by atoms with E-state index in [1.807, 2.05) is 36.4 Å². The van der Waals surface area contributed by atoms with E-state index in [0.29, 0.717) is 11.3 Å². The van der Waals surface area contributed by atoms with Gasteiger partial charge in [0.15, 0.2) is 5.78 Å². The van der Waals surface area contributed by atoms with Crippen molar-refractivity contribution in [1.29, 1.82) is 0 Å². The molecule has 0 fully saturated rings. The predicted octanol–water partition coefficient (Wildman–Crippen LogP) is 5.80. The summed E-state index contributed by atoms with van der Waals surface area (Å²) >= 11 is 0. The summed E-state index contributed by atoms with van der Waals surface area (Å²) in [7, 11) is 1.64. The molecule has 4 nitrogen and oxygen atoms in total. The van der Waals surface area contributed by atoms with Crippen LogP contribution in [0.3, 0.4) is 0 Å². The molecule has 0 bridgehead atoms. The van der Waals surface area contributed by atoms with E-state index < -0.39 is 0 Å². The van der Waals surface area contributed by atoms with Crippen molar-refractivity contribution < 1.29 is 19.0 Å². The first-order chi connectivity index (χ1) is 14.2. The average molecular weight is 407 g/mol. The number of methoxy groups -OCH3 is 1. The van der Waals surface area contributed by atoms with Gasteiger partial charge in [-0.15, -0.1) is 0 Å². The summed E-state index contributed by atoms with van der Waals surface area (Å²) in [5.74, 6) is 2.35. The van der Waals surface area contributed by atoms with Crippen molar-refractivity contribution in [2.45, 2.75) is 64.6 Å². The van der Waals surface area contributed by atoms with Crippen molar-refractivity contribution in [3.05, 3.63) is 58.7 Å². The first-order valence-electron chi connectivity index (χ1n) is 10.6. The lowest BCUT2D eigenvalue weighted by molar-refractivity contribution is 0.0655. The molecule has 2 aliphatic heterocycles. The molecule has 4 rings (SSSR count). The van der Waals surface area contributed by atoms with Gasteiger partial charge in [-0.05, 0) is 88.8 Å². The SMILES string of the molecule is COc1ccc(/C=C/C(=O)c2cc3c(c4c2OC(C)(C)CC4)OC(C)(C)CC3)cc1. The van der Waals surface area contributed by atoms with Crippen LogP contribution in [0.15, 0.2) is 36.4 Å². The number of fused-ring (bicyclic) bond motifs is 3. The Morgan fingerprint density at radius 1 is 0.967 bits per heavy atom. The lowest BCUT2D eigenvalue weighted by Gasteiger charge is -2.39. The molecule has 0 saturated heterocycles. The Morgan fingerprint density at radius 3 is 2.27 bits per heavy atom. The van der Waals surface area contributed by atoms with Gasteiger partial charge >= 0.3 is 0 Å². The number of aryl methyl sites for hydroxylation is 1. The molecular formula is C26H30O4. The van der Waals surface area contributed by atoms with Gasteiger partial charge in [-0.2, -0.15) is 0 Å².